The van der Waals surface area contributed by atoms with E-state index in [1.54, 1.807) is 18.4 Å². The first kappa shape index (κ1) is 13.2. The molecule has 0 spiro atoms. The van der Waals surface area contributed by atoms with Gasteiger partial charge in [-0.25, -0.2) is 0 Å². The maximum Gasteiger partial charge on any atom is 0.0865 e. The molecule has 0 saturated heterocycles. The van der Waals surface area contributed by atoms with Gasteiger partial charge < -0.3 is 10.5 Å². The smallest absolute Gasteiger partial charge is 0.0865 e. The van der Waals surface area contributed by atoms with Gasteiger partial charge in [0.25, 0.3) is 0 Å². The Morgan fingerprint density at radius 1 is 1.47 bits per heavy atom. The topological polar surface area (TPSA) is 35.2 Å². The zero-order valence-electron chi connectivity index (χ0n) is 9.42. The second-order valence-electron chi connectivity index (χ2n) is 3.63. The SMILES string of the molecule is CCC(CC)(OC)C(N)c1cscc1Br. The van der Waals surface area contributed by atoms with Crippen LogP contribution in [0.25, 0.3) is 0 Å². The van der Waals surface area contributed by atoms with Gasteiger partial charge in [0.05, 0.1) is 11.6 Å². The Bertz CT molecular complexity index is 301. The summed E-state index contributed by atoms with van der Waals surface area (Å²) in [6.07, 6.45) is 1.84. The monoisotopic (exact) mass is 291 g/mol. The van der Waals surface area contributed by atoms with Crippen LogP contribution in [0, 0.1) is 0 Å². The molecule has 0 saturated carbocycles. The minimum Gasteiger partial charge on any atom is -0.376 e. The van der Waals surface area contributed by atoms with Crippen LogP contribution in [0.15, 0.2) is 15.2 Å². The van der Waals surface area contributed by atoms with Gasteiger partial charge in [-0.2, -0.15) is 11.3 Å². The number of hydrogen-bond acceptors (Lipinski definition) is 3. The van der Waals surface area contributed by atoms with Gasteiger partial charge in [-0.1, -0.05) is 13.8 Å². The number of hydrogen-bond donors (Lipinski definition) is 1. The van der Waals surface area contributed by atoms with Gasteiger partial charge in [-0.05, 0) is 39.7 Å². The van der Waals surface area contributed by atoms with Crippen molar-refractivity contribution in [1.82, 2.24) is 0 Å². The molecule has 1 unspecified atom stereocenters. The molecule has 2 N–H and O–H groups in total. The van der Waals surface area contributed by atoms with Crippen molar-refractivity contribution in [2.24, 2.45) is 5.73 Å². The Hall–Kier alpha value is 0.100. The van der Waals surface area contributed by atoms with Crippen molar-refractivity contribution >= 4 is 27.3 Å². The summed E-state index contributed by atoms with van der Waals surface area (Å²) in [7, 11) is 1.74. The summed E-state index contributed by atoms with van der Waals surface area (Å²) in [4.78, 5) is 0. The Balaban J connectivity index is 3.00. The molecule has 86 valence electrons. The van der Waals surface area contributed by atoms with Gasteiger partial charge in [0.2, 0.25) is 0 Å². The Labute approximate surface area is 104 Å². The third kappa shape index (κ3) is 2.44. The van der Waals surface area contributed by atoms with Crippen LogP contribution in [0.5, 0.6) is 0 Å². The van der Waals surface area contributed by atoms with Gasteiger partial charge in [0.15, 0.2) is 0 Å². The molecule has 1 heterocycles. The predicted molar refractivity (Wildman–Crippen MR) is 69.3 cm³/mol. The molecule has 0 aliphatic heterocycles. The maximum atomic E-state index is 6.30. The average molecular weight is 292 g/mol. The first-order valence-electron chi connectivity index (χ1n) is 5.13. The van der Waals surface area contributed by atoms with E-state index in [-0.39, 0.29) is 11.6 Å². The molecule has 2 nitrogen and oxygen atoms in total. The highest BCUT2D eigenvalue weighted by Gasteiger charge is 2.35. The fourth-order valence-corrected chi connectivity index (χ4v) is 3.48. The van der Waals surface area contributed by atoms with E-state index in [9.17, 15) is 0 Å². The first-order chi connectivity index (χ1) is 7.11. The molecule has 0 radical (unpaired) electrons. The molecule has 1 atom stereocenters. The minimum atomic E-state index is -0.246. The van der Waals surface area contributed by atoms with Crippen LogP contribution in [0.1, 0.15) is 38.3 Å². The molecular weight excluding hydrogens is 274 g/mol. The second-order valence-corrected chi connectivity index (χ2v) is 5.23. The van der Waals surface area contributed by atoms with Crippen LogP contribution in [0.3, 0.4) is 0 Å². The lowest BCUT2D eigenvalue weighted by atomic mass is 9.85. The van der Waals surface area contributed by atoms with Crippen molar-refractivity contribution in [2.75, 3.05) is 7.11 Å². The van der Waals surface area contributed by atoms with Crippen LogP contribution in [-0.2, 0) is 4.74 Å². The Kier molecular flexibility index (Phi) is 4.77. The molecular formula is C11H18BrNOS. The third-order valence-electron chi connectivity index (χ3n) is 3.15. The van der Waals surface area contributed by atoms with Crippen LogP contribution in [0.4, 0.5) is 0 Å². The Morgan fingerprint density at radius 3 is 2.40 bits per heavy atom. The summed E-state index contributed by atoms with van der Waals surface area (Å²) >= 11 is 5.18. The lowest BCUT2D eigenvalue weighted by Gasteiger charge is -2.36. The molecule has 15 heavy (non-hydrogen) atoms. The number of methoxy groups -OCH3 is 1. The van der Waals surface area contributed by atoms with E-state index in [0.29, 0.717) is 0 Å². The van der Waals surface area contributed by atoms with Crippen molar-refractivity contribution in [3.8, 4) is 0 Å². The number of thiophene rings is 1. The highest BCUT2D eigenvalue weighted by atomic mass is 79.9. The van der Waals surface area contributed by atoms with Gasteiger partial charge in [0.1, 0.15) is 0 Å². The van der Waals surface area contributed by atoms with Gasteiger partial charge in [-0.15, -0.1) is 0 Å². The second kappa shape index (κ2) is 5.43. The highest BCUT2D eigenvalue weighted by Crippen LogP contribution is 2.37. The lowest BCUT2D eigenvalue weighted by molar-refractivity contribution is -0.0386. The fourth-order valence-electron chi connectivity index (χ4n) is 1.90. The van der Waals surface area contributed by atoms with E-state index in [0.717, 1.165) is 22.9 Å². The summed E-state index contributed by atoms with van der Waals surface area (Å²) in [5.74, 6) is 0. The zero-order valence-corrected chi connectivity index (χ0v) is 11.8. The molecule has 0 bridgehead atoms. The molecule has 0 aliphatic rings. The molecule has 0 aromatic carbocycles. The van der Waals surface area contributed by atoms with Gasteiger partial charge >= 0.3 is 0 Å². The number of rotatable bonds is 5. The number of nitrogens with two attached hydrogens (primary N) is 1. The standard InChI is InChI=1S/C11H18BrNOS/c1-4-11(5-2,14-3)10(13)8-6-15-7-9(8)12/h6-7,10H,4-5,13H2,1-3H3. The van der Waals surface area contributed by atoms with E-state index in [1.165, 1.54) is 0 Å². The van der Waals surface area contributed by atoms with Crippen LogP contribution < -0.4 is 5.73 Å². The van der Waals surface area contributed by atoms with E-state index in [4.69, 9.17) is 10.5 Å². The van der Waals surface area contributed by atoms with E-state index < -0.39 is 0 Å². The van der Waals surface area contributed by atoms with Crippen molar-refractivity contribution < 1.29 is 4.74 Å². The summed E-state index contributed by atoms with van der Waals surface area (Å²) in [6.45, 7) is 4.24. The summed E-state index contributed by atoms with van der Waals surface area (Å²) in [5, 5.41) is 4.15. The van der Waals surface area contributed by atoms with E-state index in [1.807, 2.05) is 0 Å². The van der Waals surface area contributed by atoms with Crippen molar-refractivity contribution in [1.29, 1.82) is 0 Å². The largest absolute Gasteiger partial charge is 0.376 e. The number of halogens is 1. The molecule has 0 aliphatic carbocycles. The van der Waals surface area contributed by atoms with E-state index >= 15 is 0 Å². The molecule has 4 heteroatoms. The average Bonchev–Trinajstić information content (AvgIpc) is 2.67. The maximum absolute atomic E-state index is 6.30. The third-order valence-corrected chi connectivity index (χ3v) is 4.90. The number of ether oxygens (including phenoxy) is 1. The Morgan fingerprint density at radius 2 is 2.07 bits per heavy atom. The molecule has 1 aromatic rings. The summed E-state index contributed by atoms with van der Waals surface area (Å²) in [5.41, 5.74) is 7.20. The van der Waals surface area contributed by atoms with Crippen molar-refractivity contribution in [3.05, 3.63) is 20.8 Å². The molecule has 0 fully saturated rings. The molecule has 0 amide bonds. The minimum absolute atomic E-state index is 0.0712. The van der Waals surface area contributed by atoms with Crippen LogP contribution in [0.2, 0.25) is 0 Å². The lowest BCUT2D eigenvalue weighted by Crippen LogP contribution is -2.42. The first-order valence-corrected chi connectivity index (χ1v) is 6.87. The van der Waals surface area contributed by atoms with Crippen molar-refractivity contribution in [3.63, 3.8) is 0 Å². The molecule has 1 rings (SSSR count). The van der Waals surface area contributed by atoms with E-state index in [2.05, 4.69) is 40.5 Å². The summed E-state index contributed by atoms with van der Waals surface area (Å²) in [6, 6.07) is -0.0712. The van der Waals surface area contributed by atoms with Gasteiger partial charge in [0, 0.05) is 17.0 Å². The highest BCUT2D eigenvalue weighted by molar-refractivity contribution is 9.10. The van der Waals surface area contributed by atoms with Gasteiger partial charge in [-0.3, -0.25) is 0 Å². The summed E-state index contributed by atoms with van der Waals surface area (Å²) < 4.78 is 6.72. The predicted octanol–water partition coefficient (Wildman–Crippen LogP) is 3.72. The zero-order chi connectivity index (χ0) is 11.5. The van der Waals surface area contributed by atoms with Crippen LogP contribution in [-0.4, -0.2) is 12.7 Å². The van der Waals surface area contributed by atoms with Crippen LogP contribution >= 0.6 is 27.3 Å². The van der Waals surface area contributed by atoms with Crippen molar-refractivity contribution in [2.45, 2.75) is 38.3 Å². The molecule has 1 aromatic heterocycles. The quantitative estimate of drug-likeness (QED) is 0.897. The fraction of sp³-hybridized carbons (Fsp3) is 0.636. The normalized spacial score (nSPS) is 14.2.